The molecular weight excluding hydrogens is 314 g/mol. The Morgan fingerprint density at radius 1 is 1.35 bits per heavy atom. The molecule has 0 bridgehead atoms. The highest BCUT2D eigenvalue weighted by molar-refractivity contribution is 7.92. The minimum Gasteiger partial charge on any atom is -0.464 e. The number of rotatable bonds is 6. The number of nitrogens with zero attached hydrogens (tertiary/aromatic N) is 1. The zero-order chi connectivity index (χ0) is 17.7. The van der Waals surface area contributed by atoms with Crippen molar-refractivity contribution >= 4 is 15.8 Å². The lowest BCUT2D eigenvalue weighted by molar-refractivity contribution is 0.441. The van der Waals surface area contributed by atoms with Crippen LogP contribution >= 0.6 is 0 Å². The van der Waals surface area contributed by atoms with Crippen molar-refractivity contribution in [3.8, 4) is 0 Å². The summed E-state index contributed by atoms with van der Waals surface area (Å²) < 4.78 is 29.1. The first kappa shape index (κ1) is 19.5. The first-order valence-electron chi connectivity index (χ1n) is 7.90. The van der Waals surface area contributed by atoms with Crippen molar-refractivity contribution in [1.29, 1.82) is 0 Å². The predicted molar refractivity (Wildman–Crippen MR) is 94.5 cm³/mol. The molecule has 0 saturated carbocycles. The van der Waals surface area contributed by atoms with Crippen molar-refractivity contribution in [2.75, 3.05) is 18.8 Å². The molecule has 0 saturated heterocycles. The van der Waals surface area contributed by atoms with Crippen molar-refractivity contribution in [1.82, 2.24) is 10.6 Å². The number of furan rings is 1. The molecule has 1 heterocycles. The van der Waals surface area contributed by atoms with Crippen molar-refractivity contribution in [2.24, 2.45) is 4.99 Å². The molecule has 1 aromatic heterocycles. The monoisotopic (exact) mass is 343 g/mol. The van der Waals surface area contributed by atoms with Crippen molar-refractivity contribution in [3.63, 3.8) is 0 Å². The number of sulfone groups is 1. The third kappa shape index (κ3) is 5.89. The van der Waals surface area contributed by atoms with E-state index in [0.717, 1.165) is 11.5 Å². The van der Waals surface area contributed by atoms with Gasteiger partial charge in [-0.3, -0.25) is 4.99 Å². The van der Waals surface area contributed by atoms with Crippen molar-refractivity contribution < 1.29 is 12.8 Å². The topological polar surface area (TPSA) is 83.7 Å². The lowest BCUT2D eigenvalue weighted by Crippen LogP contribution is -2.39. The molecule has 2 N–H and O–H groups in total. The number of nitrogens with one attached hydrogen (secondary N) is 2. The molecule has 23 heavy (non-hydrogen) atoms. The molecule has 1 atom stereocenters. The van der Waals surface area contributed by atoms with E-state index < -0.39 is 14.6 Å². The Kier molecular flexibility index (Phi) is 6.68. The lowest BCUT2D eigenvalue weighted by Gasteiger charge is -2.19. The Labute approximate surface area is 139 Å². The maximum atomic E-state index is 12.1. The van der Waals surface area contributed by atoms with E-state index in [4.69, 9.17) is 4.42 Å². The molecule has 0 aliphatic carbocycles. The smallest absolute Gasteiger partial charge is 0.191 e. The van der Waals surface area contributed by atoms with E-state index in [1.807, 2.05) is 32.9 Å². The fraction of sp³-hybridized carbons (Fsp3) is 0.688. The molecule has 1 unspecified atom stereocenters. The largest absolute Gasteiger partial charge is 0.464 e. The van der Waals surface area contributed by atoms with Gasteiger partial charge in [-0.25, -0.2) is 8.42 Å². The van der Waals surface area contributed by atoms with Crippen LogP contribution in [0.4, 0.5) is 0 Å². The summed E-state index contributed by atoms with van der Waals surface area (Å²) in [6.07, 6.45) is 0. The maximum Gasteiger partial charge on any atom is 0.191 e. The van der Waals surface area contributed by atoms with E-state index in [0.29, 0.717) is 12.5 Å². The Hall–Kier alpha value is -1.50. The number of guanidine groups is 1. The maximum absolute atomic E-state index is 12.1. The third-order valence-electron chi connectivity index (χ3n) is 3.45. The SMILES string of the molecule is CCNC(=NCCS(=O)(=O)C(C)(C)C)NC(C)c1ccc(C)o1. The van der Waals surface area contributed by atoms with E-state index in [1.54, 1.807) is 20.8 Å². The number of aryl methyl sites for hydroxylation is 1. The van der Waals surface area contributed by atoms with Crippen LogP contribution in [0.1, 0.15) is 52.2 Å². The normalized spacial score (nSPS) is 14.6. The minimum absolute atomic E-state index is 0.0291. The highest BCUT2D eigenvalue weighted by Gasteiger charge is 2.28. The molecule has 0 aromatic carbocycles. The van der Waals surface area contributed by atoms with Crippen molar-refractivity contribution in [2.45, 2.75) is 52.3 Å². The van der Waals surface area contributed by atoms with Crippen LogP contribution in [0.3, 0.4) is 0 Å². The Bertz CT molecular complexity index is 627. The van der Waals surface area contributed by atoms with Crippen LogP contribution in [0.5, 0.6) is 0 Å². The standard InChI is InChI=1S/C16H29N3O3S/c1-7-17-15(18-10-11-23(20,21)16(4,5)6)19-13(3)14-9-8-12(2)22-14/h8-9,13H,7,10-11H2,1-6H3,(H2,17,18,19). The average molecular weight is 343 g/mol. The van der Waals surface area contributed by atoms with Crippen LogP contribution in [0.2, 0.25) is 0 Å². The van der Waals surface area contributed by atoms with E-state index in [-0.39, 0.29) is 18.3 Å². The first-order valence-corrected chi connectivity index (χ1v) is 9.55. The van der Waals surface area contributed by atoms with E-state index in [1.165, 1.54) is 0 Å². The van der Waals surface area contributed by atoms with E-state index in [9.17, 15) is 8.42 Å². The molecular formula is C16H29N3O3S. The van der Waals surface area contributed by atoms with Crippen LogP contribution in [0.25, 0.3) is 0 Å². The van der Waals surface area contributed by atoms with Crippen LogP contribution in [0.15, 0.2) is 21.5 Å². The summed E-state index contributed by atoms with van der Waals surface area (Å²) in [5.41, 5.74) is 0. The summed E-state index contributed by atoms with van der Waals surface area (Å²) in [4.78, 5) is 4.36. The molecule has 0 radical (unpaired) electrons. The molecule has 0 amide bonds. The molecule has 0 aliphatic rings. The molecule has 0 fully saturated rings. The van der Waals surface area contributed by atoms with Gasteiger partial charge in [0.15, 0.2) is 15.8 Å². The summed E-state index contributed by atoms with van der Waals surface area (Å²) in [6, 6.07) is 3.77. The highest BCUT2D eigenvalue weighted by Crippen LogP contribution is 2.16. The highest BCUT2D eigenvalue weighted by atomic mass is 32.2. The second-order valence-electron chi connectivity index (χ2n) is 6.51. The van der Waals surface area contributed by atoms with Gasteiger partial charge in [0.05, 0.1) is 23.1 Å². The van der Waals surface area contributed by atoms with Gasteiger partial charge in [0.1, 0.15) is 11.5 Å². The van der Waals surface area contributed by atoms with Crippen LogP contribution < -0.4 is 10.6 Å². The Morgan fingerprint density at radius 3 is 2.48 bits per heavy atom. The van der Waals surface area contributed by atoms with Crippen LogP contribution in [0, 0.1) is 6.92 Å². The molecule has 7 heteroatoms. The van der Waals surface area contributed by atoms with Gasteiger partial charge in [0.2, 0.25) is 0 Å². The summed E-state index contributed by atoms with van der Waals surface area (Å²) in [5, 5.41) is 6.34. The molecule has 1 aromatic rings. The average Bonchev–Trinajstić information content (AvgIpc) is 2.84. The lowest BCUT2D eigenvalue weighted by atomic mass is 10.2. The van der Waals surface area contributed by atoms with Gasteiger partial charge < -0.3 is 15.1 Å². The molecule has 132 valence electrons. The van der Waals surface area contributed by atoms with Crippen LogP contribution in [-0.4, -0.2) is 38.0 Å². The number of aliphatic imine (C=N–C) groups is 1. The second-order valence-corrected chi connectivity index (χ2v) is 9.37. The minimum atomic E-state index is -3.17. The van der Waals surface area contributed by atoms with E-state index >= 15 is 0 Å². The quantitative estimate of drug-likeness (QED) is 0.612. The fourth-order valence-corrected chi connectivity index (χ4v) is 2.81. The summed E-state index contributed by atoms with van der Waals surface area (Å²) in [5.74, 6) is 2.28. The summed E-state index contributed by atoms with van der Waals surface area (Å²) >= 11 is 0. The van der Waals surface area contributed by atoms with Gasteiger partial charge in [0, 0.05) is 6.54 Å². The Balaban J connectivity index is 2.70. The molecule has 0 aliphatic heterocycles. The van der Waals surface area contributed by atoms with Gasteiger partial charge >= 0.3 is 0 Å². The summed E-state index contributed by atoms with van der Waals surface area (Å²) in [6.45, 7) is 11.9. The fourth-order valence-electron chi connectivity index (χ4n) is 1.87. The molecule has 0 spiro atoms. The summed E-state index contributed by atoms with van der Waals surface area (Å²) in [7, 11) is -3.17. The first-order chi connectivity index (χ1) is 10.6. The van der Waals surface area contributed by atoms with E-state index in [2.05, 4.69) is 15.6 Å². The molecule has 6 nitrogen and oxygen atoms in total. The zero-order valence-corrected chi connectivity index (χ0v) is 15.8. The van der Waals surface area contributed by atoms with Crippen LogP contribution in [-0.2, 0) is 9.84 Å². The number of hydrogen-bond acceptors (Lipinski definition) is 4. The Morgan fingerprint density at radius 2 is 2.00 bits per heavy atom. The molecule has 1 rings (SSSR count). The second kappa shape index (κ2) is 7.86. The van der Waals surface area contributed by atoms with Gasteiger partial charge in [0.25, 0.3) is 0 Å². The number of hydrogen-bond donors (Lipinski definition) is 2. The van der Waals surface area contributed by atoms with Gasteiger partial charge in [-0.2, -0.15) is 0 Å². The van der Waals surface area contributed by atoms with Gasteiger partial charge in [-0.1, -0.05) is 0 Å². The zero-order valence-electron chi connectivity index (χ0n) is 14.9. The van der Waals surface area contributed by atoms with Gasteiger partial charge in [-0.05, 0) is 53.7 Å². The van der Waals surface area contributed by atoms with Crippen molar-refractivity contribution in [3.05, 3.63) is 23.7 Å². The predicted octanol–water partition coefficient (Wildman–Crippen LogP) is 2.42. The third-order valence-corrected chi connectivity index (χ3v) is 6.03. The van der Waals surface area contributed by atoms with Gasteiger partial charge in [-0.15, -0.1) is 0 Å².